The van der Waals surface area contributed by atoms with Gasteiger partial charge in [-0.2, -0.15) is 0 Å². The van der Waals surface area contributed by atoms with Crippen LogP contribution in [0, 0.1) is 0 Å². The standard InChI is InChI=1S/C69H70O11S/c70-40-51-36-38-59(39-37-51)81-50-62-64(74-44-55-28-14-4-15-29-55)66(75-45-56-30-16-5-17-31-56)65(61(78-62)49-72-42-53-24-10-2-11-25-53)80-69-68(77-47-58-34-20-7-21-35-58)67(76-46-57-32-18-6-19-33-57)63(73-43-54-26-12-3-13-27-54)60(79-69)48-71-41-52-22-8-1-9-23-52/h1-40,60-69H,41-50H2/t60?,61?,62-,63+,64?,65+,66-,67+,68?,69-/m0/s1. The summed E-state index contributed by atoms with van der Waals surface area (Å²) < 4.78 is 71.4. The van der Waals surface area contributed by atoms with Gasteiger partial charge in [0.15, 0.2) is 6.29 Å². The molecule has 0 amide bonds. The Labute approximate surface area is 480 Å². The van der Waals surface area contributed by atoms with Crippen molar-refractivity contribution in [3.8, 4) is 0 Å². The Balaban J connectivity index is 1.06. The van der Waals surface area contributed by atoms with Crippen molar-refractivity contribution in [2.75, 3.05) is 19.0 Å². The van der Waals surface area contributed by atoms with Crippen LogP contribution in [0.25, 0.3) is 0 Å². The average molecular weight is 1110 g/mol. The molecule has 10 atom stereocenters. The Morgan fingerprint density at radius 1 is 0.333 bits per heavy atom. The predicted octanol–water partition coefficient (Wildman–Crippen LogP) is 12.8. The molecule has 0 saturated carbocycles. The normalized spacial score (nSPS) is 22.7. The first-order chi connectivity index (χ1) is 40.1. The van der Waals surface area contributed by atoms with Crippen molar-refractivity contribution in [3.63, 3.8) is 0 Å². The van der Waals surface area contributed by atoms with E-state index in [9.17, 15) is 4.79 Å². The Hall–Kier alpha value is -6.62. The molecule has 0 spiro atoms. The van der Waals surface area contributed by atoms with Gasteiger partial charge in [-0.1, -0.05) is 224 Å². The van der Waals surface area contributed by atoms with Gasteiger partial charge < -0.3 is 47.4 Å². The van der Waals surface area contributed by atoms with Gasteiger partial charge in [0.2, 0.25) is 0 Å². The summed E-state index contributed by atoms with van der Waals surface area (Å²) in [6.45, 7) is 2.21. The molecule has 8 aromatic rings. The third kappa shape index (κ3) is 17.2. The number of hydrogen-bond acceptors (Lipinski definition) is 12. The molecule has 10 rings (SSSR count). The minimum atomic E-state index is -1.11. The minimum absolute atomic E-state index is 0.133. The van der Waals surface area contributed by atoms with Crippen molar-refractivity contribution in [2.45, 2.75) is 112 Å². The predicted molar refractivity (Wildman–Crippen MR) is 312 cm³/mol. The lowest BCUT2D eigenvalue weighted by Gasteiger charge is -2.50. The van der Waals surface area contributed by atoms with E-state index in [0.717, 1.165) is 50.1 Å². The first-order valence-electron chi connectivity index (χ1n) is 27.8. The van der Waals surface area contributed by atoms with Crippen LogP contribution in [0.4, 0.5) is 0 Å². The summed E-state index contributed by atoms with van der Waals surface area (Å²) in [5.74, 6) is 0.479. The quantitative estimate of drug-likeness (QED) is 0.0329. The van der Waals surface area contributed by atoms with E-state index in [4.69, 9.17) is 47.4 Å². The summed E-state index contributed by atoms with van der Waals surface area (Å²) >= 11 is 1.62. The van der Waals surface area contributed by atoms with Crippen molar-refractivity contribution in [1.29, 1.82) is 0 Å². The molecule has 81 heavy (non-hydrogen) atoms. The number of benzene rings is 8. The topological polar surface area (TPSA) is 109 Å². The zero-order chi connectivity index (χ0) is 55.1. The van der Waals surface area contributed by atoms with Crippen LogP contribution in [-0.2, 0) is 93.6 Å². The number of thioether (sulfide) groups is 1. The second kappa shape index (κ2) is 31.0. The molecule has 0 N–H and O–H groups in total. The molecule has 8 aromatic carbocycles. The monoisotopic (exact) mass is 1110 g/mol. The Bertz CT molecular complexity index is 3000. The molecule has 2 fully saturated rings. The van der Waals surface area contributed by atoms with E-state index in [1.807, 2.05) is 237 Å². The fourth-order valence-electron chi connectivity index (χ4n) is 10.0. The van der Waals surface area contributed by atoms with Gasteiger partial charge in [-0.05, 0) is 51.1 Å². The second-order valence-corrected chi connectivity index (χ2v) is 21.3. The SMILES string of the molecule is O=Cc1ccc(SC[C@@H]2OC(COCc3ccccc3)[C@@H](O[C@@H]3OC(COCc4ccccc4)[C@@H](OCc4ccccc4)[C@@H](OCc4ccccc4)C3OCc3ccccc3)[C@@H](OCc3ccccc3)C2OCc2ccccc2)cc1. The molecule has 2 heterocycles. The fraction of sp³-hybridized carbons (Fsp3) is 0.290. The van der Waals surface area contributed by atoms with Crippen LogP contribution in [0.2, 0.25) is 0 Å². The summed E-state index contributed by atoms with van der Waals surface area (Å²) in [4.78, 5) is 12.6. The van der Waals surface area contributed by atoms with Crippen LogP contribution >= 0.6 is 11.8 Å². The fourth-order valence-corrected chi connectivity index (χ4v) is 11.0. The van der Waals surface area contributed by atoms with Crippen LogP contribution in [0.5, 0.6) is 0 Å². The molecule has 4 unspecified atom stereocenters. The number of hydrogen-bond donors (Lipinski definition) is 0. The van der Waals surface area contributed by atoms with Crippen molar-refractivity contribution >= 4 is 18.0 Å². The van der Waals surface area contributed by atoms with Gasteiger partial charge in [0.05, 0.1) is 65.6 Å². The van der Waals surface area contributed by atoms with Gasteiger partial charge in [0, 0.05) is 16.2 Å². The van der Waals surface area contributed by atoms with Crippen molar-refractivity contribution < 1.29 is 52.2 Å². The van der Waals surface area contributed by atoms with E-state index < -0.39 is 61.2 Å². The third-order valence-corrected chi connectivity index (χ3v) is 15.4. The Morgan fingerprint density at radius 2 is 0.654 bits per heavy atom. The van der Waals surface area contributed by atoms with E-state index in [1.165, 1.54) is 0 Å². The lowest BCUT2D eigenvalue weighted by Crippen LogP contribution is -2.66. The van der Waals surface area contributed by atoms with Crippen molar-refractivity contribution in [2.24, 2.45) is 0 Å². The molecule has 11 nitrogen and oxygen atoms in total. The highest BCUT2D eigenvalue weighted by Crippen LogP contribution is 2.38. The summed E-state index contributed by atoms with van der Waals surface area (Å²) in [7, 11) is 0. The average Bonchev–Trinajstić information content (AvgIpc) is 3.63. The molecule has 418 valence electrons. The molecule has 0 bridgehead atoms. The highest BCUT2D eigenvalue weighted by Gasteiger charge is 2.54. The second-order valence-electron chi connectivity index (χ2n) is 20.2. The molecule has 2 aliphatic rings. The first-order valence-corrected chi connectivity index (χ1v) is 28.8. The molecular weight excluding hydrogens is 1040 g/mol. The maximum Gasteiger partial charge on any atom is 0.187 e. The largest absolute Gasteiger partial charge is 0.374 e. The summed E-state index contributed by atoms with van der Waals surface area (Å²) in [5, 5.41) is 0. The number of ether oxygens (including phenoxy) is 10. The molecule has 0 aromatic heterocycles. The van der Waals surface area contributed by atoms with E-state index in [0.29, 0.717) is 24.5 Å². The molecule has 12 heteroatoms. The first kappa shape index (κ1) is 57.6. The van der Waals surface area contributed by atoms with Gasteiger partial charge in [0.25, 0.3) is 0 Å². The molecule has 2 saturated heterocycles. The van der Waals surface area contributed by atoms with E-state index in [2.05, 4.69) is 0 Å². The van der Waals surface area contributed by atoms with Crippen molar-refractivity contribution in [3.05, 3.63) is 281 Å². The van der Waals surface area contributed by atoms with Crippen LogP contribution in [0.15, 0.2) is 241 Å². The van der Waals surface area contributed by atoms with E-state index >= 15 is 0 Å². The van der Waals surface area contributed by atoms with E-state index in [-0.39, 0.29) is 46.2 Å². The van der Waals surface area contributed by atoms with Crippen molar-refractivity contribution in [1.82, 2.24) is 0 Å². The zero-order valence-corrected chi connectivity index (χ0v) is 46.2. The van der Waals surface area contributed by atoms with Crippen LogP contribution in [-0.4, -0.2) is 86.5 Å². The lowest BCUT2D eigenvalue weighted by molar-refractivity contribution is -0.362. The van der Waals surface area contributed by atoms with Crippen LogP contribution < -0.4 is 0 Å². The van der Waals surface area contributed by atoms with Crippen LogP contribution in [0.3, 0.4) is 0 Å². The lowest BCUT2D eigenvalue weighted by atomic mass is 9.93. The minimum Gasteiger partial charge on any atom is -0.374 e. The summed E-state index contributed by atoms with van der Waals surface area (Å²) in [6, 6.07) is 78.2. The number of carbonyl (C=O) groups is 1. The highest BCUT2D eigenvalue weighted by atomic mass is 32.2. The Kier molecular flexibility index (Phi) is 22.0. The van der Waals surface area contributed by atoms with Crippen LogP contribution in [0.1, 0.15) is 49.3 Å². The molecular formula is C69H70O11S. The maximum atomic E-state index is 11.7. The van der Waals surface area contributed by atoms with E-state index in [1.54, 1.807) is 11.8 Å². The number of rotatable bonds is 29. The number of aldehydes is 1. The summed E-state index contributed by atoms with van der Waals surface area (Å²) in [5.41, 5.74) is 7.54. The number of carbonyl (C=O) groups excluding carboxylic acids is 1. The van der Waals surface area contributed by atoms with Gasteiger partial charge in [-0.3, -0.25) is 4.79 Å². The third-order valence-electron chi connectivity index (χ3n) is 14.3. The molecule has 0 aliphatic carbocycles. The summed E-state index contributed by atoms with van der Waals surface area (Å²) in [6.07, 6.45) is -6.92. The van der Waals surface area contributed by atoms with Gasteiger partial charge in [-0.15, -0.1) is 11.8 Å². The molecule has 2 aliphatic heterocycles. The zero-order valence-electron chi connectivity index (χ0n) is 45.3. The van der Waals surface area contributed by atoms with Gasteiger partial charge in [0.1, 0.15) is 55.1 Å². The van der Waals surface area contributed by atoms with Gasteiger partial charge in [-0.25, -0.2) is 0 Å². The van der Waals surface area contributed by atoms with Gasteiger partial charge >= 0.3 is 0 Å². The smallest absolute Gasteiger partial charge is 0.187 e. The highest BCUT2D eigenvalue weighted by molar-refractivity contribution is 7.99. The molecule has 0 radical (unpaired) electrons. The maximum absolute atomic E-state index is 11.7. The Morgan fingerprint density at radius 3 is 1.04 bits per heavy atom.